The van der Waals surface area contributed by atoms with E-state index in [9.17, 15) is 4.79 Å². The van der Waals surface area contributed by atoms with Crippen molar-refractivity contribution < 1.29 is 4.79 Å². The van der Waals surface area contributed by atoms with Gasteiger partial charge in [-0.3, -0.25) is 9.89 Å². The summed E-state index contributed by atoms with van der Waals surface area (Å²) in [7, 11) is 0. The predicted molar refractivity (Wildman–Crippen MR) is 45.9 cm³/mol. The number of aromatic amines is 1. The monoisotopic (exact) mass is 167 g/mol. The highest BCUT2D eigenvalue weighted by molar-refractivity contribution is 5.93. The fourth-order valence-electron chi connectivity index (χ4n) is 0.911. The standard InChI is InChI=1S/C8H13N3O/c1-5(2)10-8(12)7-6(3)4-9-11-7/h4-5H,1-3H3,(H,9,11)(H,10,12). The summed E-state index contributed by atoms with van der Waals surface area (Å²) in [5.41, 5.74) is 1.41. The molecule has 1 aromatic heterocycles. The van der Waals surface area contributed by atoms with Crippen molar-refractivity contribution in [1.29, 1.82) is 0 Å². The zero-order valence-electron chi connectivity index (χ0n) is 7.51. The second kappa shape index (κ2) is 3.38. The van der Waals surface area contributed by atoms with Gasteiger partial charge >= 0.3 is 0 Å². The number of H-pyrrole nitrogens is 1. The average Bonchev–Trinajstić information content (AvgIpc) is 2.33. The van der Waals surface area contributed by atoms with E-state index in [4.69, 9.17) is 0 Å². The molecule has 4 nitrogen and oxygen atoms in total. The third-order valence-corrected chi connectivity index (χ3v) is 1.48. The van der Waals surface area contributed by atoms with Crippen LogP contribution >= 0.6 is 0 Å². The van der Waals surface area contributed by atoms with Crippen molar-refractivity contribution in [2.45, 2.75) is 26.8 Å². The van der Waals surface area contributed by atoms with E-state index < -0.39 is 0 Å². The lowest BCUT2D eigenvalue weighted by molar-refractivity contribution is 0.0937. The third-order valence-electron chi connectivity index (χ3n) is 1.48. The van der Waals surface area contributed by atoms with Crippen LogP contribution in [0.4, 0.5) is 0 Å². The molecule has 0 aliphatic carbocycles. The molecule has 0 aliphatic heterocycles. The predicted octanol–water partition coefficient (Wildman–Crippen LogP) is 0.856. The van der Waals surface area contributed by atoms with Crippen LogP contribution in [0.5, 0.6) is 0 Å². The highest BCUT2D eigenvalue weighted by atomic mass is 16.2. The van der Waals surface area contributed by atoms with Crippen molar-refractivity contribution in [2.24, 2.45) is 0 Å². The number of hydrogen-bond donors (Lipinski definition) is 2. The van der Waals surface area contributed by atoms with Crippen LogP contribution in [-0.4, -0.2) is 22.1 Å². The Morgan fingerprint density at radius 3 is 2.75 bits per heavy atom. The normalized spacial score (nSPS) is 10.3. The van der Waals surface area contributed by atoms with E-state index in [1.807, 2.05) is 20.8 Å². The van der Waals surface area contributed by atoms with Crippen LogP contribution in [0.2, 0.25) is 0 Å². The molecule has 12 heavy (non-hydrogen) atoms. The van der Waals surface area contributed by atoms with Gasteiger partial charge in [-0.15, -0.1) is 0 Å². The minimum atomic E-state index is -0.0972. The van der Waals surface area contributed by atoms with Crippen LogP contribution < -0.4 is 5.32 Å². The molecule has 1 aromatic rings. The van der Waals surface area contributed by atoms with Crippen LogP contribution in [0, 0.1) is 6.92 Å². The van der Waals surface area contributed by atoms with Crippen molar-refractivity contribution in [3.63, 3.8) is 0 Å². The maximum atomic E-state index is 11.4. The van der Waals surface area contributed by atoms with E-state index in [2.05, 4.69) is 15.5 Å². The Morgan fingerprint density at radius 1 is 1.67 bits per heavy atom. The Morgan fingerprint density at radius 2 is 2.33 bits per heavy atom. The molecule has 0 radical (unpaired) electrons. The molecule has 1 rings (SSSR count). The third kappa shape index (κ3) is 1.84. The number of amides is 1. The van der Waals surface area contributed by atoms with Gasteiger partial charge in [-0.05, 0) is 26.3 Å². The zero-order valence-corrected chi connectivity index (χ0v) is 7.51. The number of hydrogen-bond acceptors (Lipinski definition) is 2. The number of rotatable bonds is 2. The van der Waals surface area contributed by atoms with Crippen LogP contribution in [-0.2, 0) is 0 Å². The van der Waals surface area contributed by atoms with Gasteiger partial charge in [0.15, 0.2) is 0 Å². The number of nitrogens with zero attached hydrogens (tertiary/aromatic N) is 1. The van der Waals surface area contributed by atoms with Gasteiger partial charge in [0, 0.05) is 6.04 Å². The van der Waals surface area contributed by atoms with E-state index in [-0.39, 0.29) is 11.9 Å². The molecule has 0 aromatic carbocycles. The molecule has 0 bridgehead atoms. The summed E-state index contributed by atoms with van der Waals surface area (Å²) in [5, 5.41) is 9.19. The zero-order chi connectivity index (χ0) is 9.14. The summed E-state index contributed by atoms with van der Waals surface area (Å²) in [5.74, 6) is -0.0972. The number of carbonyl (C=O) groups is 1. The molecule has 0 unspecified atom stereocenters. The van der Waals surface area contributed by atoms with Crippen molar-refractivity contribution in [1.82, 2.24) is 15.5 Å². The van der Waals surface area contributed by atoms with E-state index in [0.717, 1.165) is 5.56 Å². The molecule has 0 atom stereocenters. The maximum absolute atomic E-state index is 11.4. The van der Waals surface area contributed by atoms with Crippen molar-refractivity contribution in [3.05, 3.63) is 17.5 Å². The molecule has 4 heteroatoms. The molecule has 66 valence electrons. The van der Waals surface area contributed by atoms with Gasteiger partial charge in [0.05, 0.1) is 6.20 Å². The minimum absolute atomic E-state index is 0.0972. The first kappa shape index (κ1) is 8.77. The molecule has 0 spiro atoms. The summed E-state index contributed by atoms with van der Waals surface area (Å²) in [6.45, 7) is 5.69. The number of carbonyl (C=O) groups excluding carboxylic acids is 1. The Hall–Kier alpha value is -1.32. The highest BCUT2D eigenvalue weighted by Gasteiger charge is 2.10. The number of aryl methyl sites for hydroxylation is 1. The minimum Gasteiger partial charge on any atom is -0.349 e. The lowest BCUT2D eigenvalue weighted by Gasteiger charge is -2.06. The van der Waals surface area contributed by atoms with Crippen LogP contribution in [0.25, 0.3) is 0 Å². The average molecular weight is 167 g/mol. The lowest BCUT2D eigenvalue weighted by Crippen LogP contribution is -2.30. The highest BCUT2D eigenvalue weighted by Crippen LogP contribution is 2.01. The fourth-order valence-corrected chi connectivity index (χ4v) is 0.911. The first-order chi connectivity index (χ1) is 5.61. The summed E-state index contributed by atoms with van der Waals surface area (Å²) in [4.78, 5) is 11.4. The summed E-state index contributed by atoms with van der Waals surface area (Å²) < 4.78 is 0. The Bertz CT molecular complexity index is 278. The van der Waals surface area contributed by atoms with Gasteiger partial charge in [-0.1, -0.05) is 0 Å². The molecular weight excluding hydrogens is 154 g/mol. The first-order valence-corrected chi connectivity index (χ1v) is 3.92. The maximum Gasteiger partial charge on any atom is 0.269 e. The molecule has 0 saturated carbocycles. The van der Waals surface area contributed by atoms with Gasteiger partial charge in [0.2, 0.25) is 0 Å². The smallest absolute Gasteiger partial charge is 0.269 e. The largest absolute Gasteiger partial charge is 0.349 e. The summed E-state index contributed by atoms with van der Waals surface area (Å²) in [6.07, 6.45) is 1.63. The quantitative estimate of drug-likeness (QED) is 0.686. The molecule has 0 fully saturated rings. The second-order valence-electron chi connectivity index (χ2n) is 3.06. The molecule has 1 heterocycles. The van der Waals surface area contributed by atoms with Gasteiger partial charge in [0.25, 0.3) is 5.91 Å². The van der Waals surface area contributed by atoms with Crippen molar-refractivity contribution in [3.8, 4) is 0 Å². The van der Waals surface area contributed by atoms with E-state index in [1.165, 1.54) is 0 Å². The molecule has 0 aliphatic rings. The number of nitrogens with one attached hydrogen (secondary N) is 2. The van der Waals surface area contributed by atoms with E-state index in [1.54, 1.807) is 6.20 Å². The SMILES string of the molecule is Cc1cn[nH]c1C(=O)NC(C)C. The topological polar surface area (TPSA) is 57.8 Å². The van der Waals surface area contributed by atoms with Gasteiger partial charge < -0.3 is 5.32 Å². The lowest BCUT2D eigenvalue weighted by atomic mass is 10.2. The van der Waals surface area contributed by atoms with Crippen molar-refractivity contribution >= 4 is 5.91 Å². The van der Waals surface area contributed by atoms with Gasteiger partial charge in [0.1, 0.15) is 5.69 Å². The van der Waals surface area contributed by atoms with Crippen molar-refractivity contribution in [2.75, 3.05) is 0 Å². The van der Waals surface area contributed by atoms with E-state index >= 15 is 0 Å². The Balaban J connectivity index is 2.72. The molecule has 2 N–H and O–H groups in total. The number of aromatic nitrogens is 2. The van der Waals surface area contributed by atoms with Crippen LogP contribution in [0.15, 0.2) is 6.20 Å². The fraction of sp³-hybridized carbons (Fsp3) is 0.500. The first-order valence-electron chi connectivity index (χ1n) is 3.92. The summed E-state index contributed by atoms with van der Waals surface area (Å²) in [6, 6.07) is 0.153. The van der Waals surface area contributed by atoms with Crippen LogP contribution in [0.3, 0.4) is 0 Å². The Kier molecular flexibility index (Phi) is 2.47. The van der Waals surface area contributed by atoms with Crippen LogP contribution in [0.1, 0.15) is 29.9 Å². The summed E-state index contributed by atoms with van der Waals surface area (Å²) >= 11 is 0. The second-order valence-corrected chi connectivity index (χ2v) is 3.06. The Labute approximate surface area is 71.4 Å². The van der Waals surface area contributed by atoms with Gasteiger partial charge in [-0.2, -0.15) is 5.10 Å². The van der Waals surface area contributed by atoms with Gasteiger partial charge in [-0.25, -0.2) is 0 Å². The molecular formula is C8H13N3O. The molecule has 1 amide bonds. The molecule has 0 saturated heterocycles. The van der Waals surface area contributed by atoms with E-state index in [0.29, 0.717) is 5.69 Å².